The number of fused-ring (bicyclic) bond motifs is 1. The van der Waals surface area contributed by atoms with Crippen LogP contribution in [0.5, 0.6) is 5.75 Å². The number of benzene rings is 2. The number of H-pyrrole nitrogens is 1. The van der Waals surface area contributed by atoms with Crippen LogP contribution >= 0.6 is 0 Å². The monoisotopic (exact) mass is 367 g/mol. The molecule has 0 saturated carbocycles. The van der Waals surface area contributed by atoms with E-state index in [9.17, 15) is 14.4 Å². The lowest BCUT2D eigenvalue weighted by molar-refractivity contribution is -0.130. The molecule has 0 radical (unpaired) electrons. The van der Waals surface area contributed by atoms with Gasteiger partial charge in [-0.05, 0) is 18.2 Å². The van der Waals surface area contributed by atoms with Crippen molar-refractivity contribution in [2.24, 2.45) is 0 Å². The zero-order chi connectivity index (χ0) is 19.4. The van der Waals surface area contributed by atoms with Crippen LogP contribution in [0.1, 0.15) is 12.0 Å². The summed E-state index contributed by atoms with van der Waals surface area (Å²) in [5.41, 5.74) is 0.466. The molecule has 0 atom stereocenters. The van der Waals surface area contributed by atoms with E-state index in [1.807, 2.05) is 24.3 Å². The first-order chi connectivity index (χ1) is 13.0. The standard InChI is InChI=1S/C20H21N3O4/c1-22(13-14-7-3-6-10-17(14)27-2)18(24)11-12-23-19(25)15-8-4-5-9-16(15)21-20(23)26/h3-10H,11-13H2,1-2H3,(H,21,26). The van der Waals surface area contributed by atoms with Crippen molar-refractivity contribution in [2.45, 2.75) is 19.5 Å². The summed E-state index contributed by atoms with van der Waals surface area (Å²) in [6.07, 6.45) is 0.0486. The van der Waals surface area contributed by atoms with Crippen LogP contribution in [0, 0.1) is 0 Å². The molecular weight excluding hydrogens is 346 g/mol. The van der Waals surface area contributed by atoms with Crippen LogP contribution in [-0.4, -0.2) is 34.5 Å². The van der Waals surface area contributed by atoms with Crippen molar-refractivity contribution < 1.29 is 9.53 Å². The second-order valence-corrected chi connectivity index (χ2v) is 6.24. The highest BCUT2D eigenvalue weighted by Crippen LogP contribution is 2.19. The number of hydrogen-bond acceptors (Lipinski definition) is 4. The molecule has 7 nitrogen and oxygen atoms in total. The fourth-order valence-corrected chi connectivity index (χ4v) is 2.98. The van der Waals surface area contributed by atoms with Crippen molar-refractivity contribution >= 4 is 16.8 Å². The van der Waals surface area contributed by atoms with Crippen LogP contribution in [-0.2, 0) is 17.9 Å². The van der Waals surface area contributed by atoms with Gasteiger partial charge in [-0.1, -0.05) is 30.3 Å². The predicted molar refractivity (Wildman–Crippen MR) is 103 cm³/mol. The normalized spacial score (nSPS) is 10.7. The Hall–Kier alpha value is -3.35. The first kappa shape index (κ1) is 18.4. The number of rotatable bonds is 6. The SMILES string of the molecule is COc1ccccc1CN(C)C(=O)CCn1c(=O)[nH]c2ccccc2c1=O. The number of carbonyl (C=O) groups excluding carboxylic acids is 1. The van der Waals surface area contributed by atoms with Crippen LogP contribution in [0.4, 0.5) is 0 Å². The summed E-state index contributed by atoms with van der Waals surface area (Å²) in [5.74, 6) is 0.541. The number of nitrogens with one attached hydrogen (secondary N) is 1. The number of methoxy groups -OCH3 is 1. The Balaban J connectivity index is 1.73. The van der Waals surface area contributed by atoms with Gasteiger partial charge in [-0.2, -0.15) is 0 Å². The Labute approximate surface area is 155 Å². The highest BCUT2D eigenvalue weighted by molar-refractivity contribution is 5.77. The minimum Gasteiger partial charge on any atom is -0.496 e. The van der Waals surface area contributed by atoms with E-state index in [2.05, 4.69) is 4.98 Å². The molecule has 0 aliphatic heterocycles. The van der Waals surface area contributed by atoms with Crippen molar-refractivity contribution in [1.29, 1.82) is 0 Å². The highest BCUT2D eigenvalue weighted by Gasteiger charge is 2.14. The van der Waals surface area contributed by atoms with Crippen molar-refractivity contribution in [2.75, 3.05) is 14.2 Å². The number of carbonyl (C=O) groups is 1. The molecule has 0 fully saturated rings. The van der Waals surface area contributed by atoms with Gasteiger partial charge in [0.2, 0.25) is 5.91 Å². The number of aromatic amines is 1. The molecule has 1 amide bonds. The van der Waals surface area contributed by atoms with Gasteiger partial charge in [0.15, 0.2) is 0 Å². The van der Waals surface area contributed by atoms with Crippen LogP contribution in [0.3, 0.4) is 0 Å². The summed E-state index contributed by atoms with van der Waals surface area (Å²) < 4.78 is 6.37. The molecule has 27 heavy (non-hydrogen) atoms. The molecule has 1 aromatic heterocycles. The molecule has 0 aliphatic carbocycles. The highest BCUT2D eigenvalue weighted by atomic mass is 16.5. The van der Waals surface area contributed by atoms with Gasteiger partial charge in [0, 0.05) is 32.1 Å². The minimum absolute atomic E-state index is 0.0219. The predicted octanol–water partition coefficient (Wildman–Crippen LogP) is 1.75. The van der Waals surface area contributed by atoms with E-state index in [0.717, 1.165) is 10.1 Å². The second-order valence-electron chi connectivity index (χ2n) is 6.24. The number of aromatic nitrogens is 2. The van der Waals surface area contributed by atoms with Gasteiger partial charge in [-0.3, -0.25) is 14.2 Å². The van der Waals surface area contributed by atoms with E-state index in [1.54, 1.807) is 43.3 Å². The maximum Gasteiger partial charge on any atom is 0.328 e. The van der Waals surface area contributed by atoms with Crippen LogP contribution in [0.2, 0.25) is 0 Å². The van der Waals surface area contributed by atoms with Crippen LogP contribution in [0.25, 0.3) is 10.9 Å². The largest absolute Gasteiger partial charge is 0.496 e. The number of ether oxygens (including phenoxy) is 1. The van der Waals surface area contributed by atoms with E-state index < -0.39 is 11.2 Å². The number of amides is 1. The fraction of sp³-hybridized carbons (Fsp3) is 0.250. The van der Waals surface area contributed by atoms with Gasteiger partial charge in [0.05, 0.1) is 18.0 Å². The molecule has 3 rings (SSSR count). The van der Waals surface area contributed by atoms with E-state index in [0.29, 0.717) is 23.2 Å². The van der Waals surface area contributed by atoms with E-state index in [-0.39, 0.29) is 18.9 Å². The van der Waals surface area contributed by atoms with Gasteiger partial charge in [0.25, 0.3) is 5.56 Å². The van der Waals surface area contributed by atoms with Crippen LogP contribution < -0.4 is 16.0 Å². The average molecular weight is 367 g/mol. The molecule has 0 unspecified atom stereocenters. The summed E-state index contributed by atoms with van der Waals surface area (Å²) in [6, 6.07) is 14.3. The smallest absolute Gasteiger partial charge is 0.328 e. The topological polar surface area (TPSA) is 84.4 Å². The Kier molecular flexibility index (Phi) is 5.40. The average Bonchev–Trinajstić information content (AvgIpc) is 2.68. The van der Waals surface area contributed by atoms with E-state index in [4.69, 9.17) is 4.74 Å². The first-order valence-corrected chi connectivity index (χ1v) is 8.59. The van der Waals surface area contributed by atoms with Gasteiger partial charge < -0.3 is 14.6 Å². The zero-order valence-electron chi connectivity index (χ0n) is 15.3. The molecule has 7 heteroatoms. The third-order valence-corrected chi connectivity index (χ3v) is 4.46. The molecule has 0 saturated heterocycles. The molecule has 140 valence electrons. The number of hydrogen-bond donors (Lipinski definition) is 1. The molecule has 0 aliphatic rings. The lowest BCUT2D eigenvalue weighted by Crippen LogP contribution is -2.37. The lowest BCUT2D eigenvalue weighted by Gasteiger charge is -2.19. The summed E-state index contributed by atoms with van der Waals surface area (Å²) in [6.45, 7) is 0.403. The van der Waals surface area contributed by atoms with Crippen molar-refractivity contribution in [1.82, 2.24) is 14.5 Å². The Bertz CT molecular complexity index is 1080. The van der Waals surface area contributed by atoms with Gasteiger partial charge in [-0.15, -0.1) is 0 Å². The molecule has 2 aromatic carbocycles. The third-order valence-electron chi connectivity index (χ3n) is 4.46. The zero-order valence-corrected chi connectivity index (χ0v) is 15.3. The summed E-state index contributed by atoms with van der Waals surface area (Å²) in [7, 11) is 3.27. The van der Waals surface area contributed by atoms with Gasteiger partial charge in [0.1, 0.15) is 5.75 Å². The molecule has 3 aromatic rings. The van der Waals surface area contributed by atoms with Crippen molar-refractivity contribution in [3.63, 3.8) is 0 Å². The second kappa shape index (κ2) is 7.90. The quantitative estimate of drug-likeness (QED) is 0.719. The Morgan fingerprint density at radius 1 is 1.11 bits per heavy atom. The number of nitrogens with zero attached hydrogens (tertiary/aromatic N) is 2. The van der Waals surface area contributed by atoms with E-state index in [1.165, 1.54) is 0 Å². The van der Waals surface area contributed by atoms with E-state index >= 15 is 0 Å². The first-order valence-electron chi connectivity index (χ1n) is 8.59. The lowest BCUT2D eigenvalue weighted by atomic mass is 10.2. The molecule has 0 bridgehead atoms. The van der Waals surface area contributed by atoms with Gasteiger partial charge in [-0.25, -0.2) is 4.79 Å². The summed E-state index contributed by atoms with van der Waals surface area (Å²) >= 11 is 0. The Morgan fingerprint density at radius 2 is 1.81 bits per heavy atom. The minimum atomic E-state index is -0.515. The molecule has 0 spiro atoms. The number of para-hydroxylation sites is 2. The fourth-order valence-electron chi connectivity index (χ4n) is 2.98. The molecular formula is C20H21N3O4. The molecule has 1 heterocycles. The molecule has 1 N–H and O–H groups in total. The van der Waals surface area contributed by atoms with Crippen molar-refractivity contribution in [3.05, 3.63) is 74.9 Å². The summed E-state index contributed by atoms with van der Waals surface area (Å²) in [5, 5.41) is 0.423. The van der Waals surface area contributed by atoms with Crippen LogP contribution in [0.15, 0.2) is 58.1 Å². The summed E-state index contributed by atoms with van der Waals surface area (Å²) in [4.78, 5) is 41.4. The Morgan fingerprint density at radius 3 is 2.59 bits per heavy atom. The maximum absolute atomic E-state index is 12.5. The van der Waals surface area contributed by atoms with Crippen molar-refractivity contribution in [3.8, 4) is 5.75 Å². The third kappa shape index (κ3) is 3.92. The van der Waals surface area contributed by atoms with Gasteiger partial charge >= 0.3 is 5.69 Å². The maximum atomic E-state index is 12.5.